The van der Waals surface area contributed by atoms with Crippen molar-refractivity contribution in [2.75, 3.05) is 26.8 Å². The van der Waals surface area contributed by atoms with Gasteiger partial charge in [0.05, 0.1) is 20.3 Å². The second kappa shape index (κ2) is 7.36. The van der Waals surface area contributed by atoms with Crippen LogP contribution in [0.5, 0.6) is 5.75 Å². The van der Waals surface area contributed by atoms with E-state index in [0.29, 0.717) is 23.4 Å². The number of furan rings is 1. The zero-order chi connectivity index (χ0) is 19.7. The van der Waals surface area contributed by atoms with Gasteiger partial charge in [0.15, 0.2) is 6.10 Å². The Bertz CT molecular complexity index is 1030. The molecule has 3 aromatic rings. The van der Waals surface area contributed by atoms with Crippen molar-refractivity contribution in [1.29, 1.82) is 0 Å². The Labute approximate surface area is 161 Å². The molecule has 1 aliphatic heterocycles. The molecule has 0 unspecified atom stereocenters. The van der Waals surface area contributed by atoms with Crippen molar-refractivity contribution in [3.05, 3.63) is 54.3 Å². The van der Waals surface area contributed by atoms with Crippen LogP contribution in [-0.2, 0) is 9.53 Å². The summed E-state index contributed by atoms with van der Waals surface area (Å²) >= 11 is 0. The number of carboxylic acids is 1. The van der Waals surface area contributed by atoms with Crippen LogP contribution in [0.3, 0.4) is 0 Å². The van der Waals surface area contributed by atoms with E-state index < -0.39 is 12.1 Å². The fourth-order valence-corrected chi connectivity index (χ4v) is 3.37. The van der Waals surface area contributed by atoms with E-state index in [-0.39, 0.29) is 24.8 Å². The van der Waals surface area contributed by atoms with Gasteiger partial charge in [-0.1, -0.05) is 30.3 Å². The molecule has 28 heavy (non-hydrogen) atoms. The molecule has 0 spiro atoms. The van der Waals surface area contributed by atoms with Gasteiger partial charge < -0.3 is 23.9 Å². The minimum Gasteiger partial charge on any atom is -0.497 e. The lowest BCUT2D eigenvalue weighted by Gasteiger charge is -2.30. The van der Waals surface area contributed by atoms with E-state index in [2.05, 4.69) is 0 Å². The van der Waals surface area contributed by atoms with Gasteiger partial charge >= 0.3 is 5.97 Å². The second-order valence-corrected chi connectivity index (χ2v) is 6.48. The number of hydrogen-bond donors (Lipinski definition) is 1. The highest BCUT2D eigenvalue weighted by Crippen LogP contribution is 2.37. The Hall–Kier alpha value is -3.32. The van der Waals surface area contributed by atoms with Crippen LogP contribution in [-0.4, -0.2) is 54.8 Å². The molecule has 1 fully saturated rings. The summed E-state index contributed by atoms with van der Waals surface area (Å²) in [6.07, 6.45) is -1.04. The Morgan fingerprint density at radius 3 is 2.68 bits per heavy atom. The summed E-state index contributed by atoms with van der Waals surface area (Å²) in [7, 11) is 1.56. The molecule has 0 aliphatic carbocycles. The highest BCUT2D eigenvalue weighted by atomic mass is 16.5. The molecule has 2 aromatic carbocycles. The molecule has 4 rings (SSSR count). The number of benzene rings is 2. The molecule has 144 valence electrons. The molecule has 1 aromatic heterocycles. The van der Waals surface area contributed by atoms with Crippen molar-refractivity contribution in [3.8, 4) is 16.9 Å². The summed E-state index contributed by atoms with van der Waals surface area (Å²) in [6, 6.07) is 14.9. The lowest BCUT2D eigenvalue weighted by Crippen LogP contribution is -2.48. The number of fused-ring (bicyclic) bond motifs is 1. The van der Waals surface area contributed by atoms with Gasteiger partial charge in [-0.3, -0.25) is 4.79 Å². The van der Waals surface area contributed by atoms with Crippen molar-refractivity contribution in [2.24, 2.45) is 0 Å². The number of nitrogens with zero attached hydrogens (tertiary/aromatic N) is 1. The molecule has 1 aliphatic rings. The largest absolute Gasteiger partial charge is 0.497 e. The predicted octanol–water partition coefficient (Wildman–Crippen LogP) is 3.03. The predicted molar refractivity (Wildman–Crippen MR) is 101 cm³/mol. The molecule has 1 atom stereocenters. The van der Waals surface area contributed by atoms with Crippen molar-refractivity contribution < 1.29 is 28.6 Å². The van der Waals surface area contributed by atoms with Gasteiger partial charge in [-0.05, 0) is 17.7 Å². The average Bonchev–Trinajstić information content (AvgIpc) is 3.12. The van der Waals surface area contributed by atoms with E-state index in [4.69, 9.17) is 13.9 Å². The SMILES string of the molecule is COc1ccc2c(-c3ccccc3)c(C(=O)N3CCO[C@@H](C(=O)O)C3)oc2c1. The van der Waals surface area contributed by atoms with Crippen LogP contribution in [0.2, 0.25) is 0 Å². The highest BCUT2D eigenvalue weighted by molar-refractivity contribution is 6.08. The quantitative estimate of drug-likeness (QED) is 0.747. The zero-order valence-electron chi connectivity index (χ0n) is 15.3. The Morgan fingerprint density at radius 2 is 1.96 bits per heavy atom. The molecular formula is C21H19NO6. The molecule has 0 bridgehead atoms. The first kappa shape index (κ1) is 18.1. The standard InChI is InChI=1S/C21H19NO6/c1-26-14-7-8-15-16(11-14)28-19(18(15)13-5-3-2-4-6-13)20(23)22-9-10-27-17(12-22)21(24)25/h2-8,11,17H,9-10,12H2,1H3,(H,24,25)/t17-/m1/s1. The molecule has 1 saturated heterocycles. The van der Waals surface area contributed by atoms with E-state index in [9.17, 15) is 14.7 Å². The number of methoxy groups -OCH3 is 1. The van der Waals surface area contributed by atoms with Gasteiger partial charge in [0, 0.05) is 23.6 Å². The molecule has 1 N–H and O–H groups in total. The summed E-state index contributed by atoms with van der Waals surface area (Å²) in [6.45, 7) is 0.442. The molecule has 0 radical (unpaired) electrons. The second-order valence-electron chi connectivity index (χ2n) is 6.48. The Balaban J connectivity index is 1.81. The van der Waals surface area contributed by atoms with E-state index >= 15 is 0 Å². The van der Waals surface area contributed by atoms with Gasteiger partial charge in [0.2, 0.25) is 5.76 Å². The summed E-state index contributed by atoms with van der Waals surface area (Å²) in [5.74, 6) is -0.642. The highest BCUT2D eigenvalue weighted by Gasteiger charge is 2.33. The van der Waals surface area contributed by atoms with E-state index in [1.807, 2.05) is 42.5 Å². The summed E-state index contributed by atoms with van der Waals surface area (Å²) in [5.41, 5.74) is 2.06. The van der Waals surface area contributed by atoms with Crippen LogP contribution in [0.15, 0.2) is 52.9 Å². The zero-order valence-corrected chi connectivity index (χ0v) is 15.3. The number of aliphatic carboxylic acids is 1. The van der Waals surface area contributed by atoms with Crippen molar-refractivity contribution >= 4 is 22.8 Å². The fourth-order valence-electron chi connectivity index (χ4n) is 3.37. The van der Waals surface area contributed by atoms with E-state index in [0.717, 1.165) is 10.9 Å². The monoisotopic (exact) mass is 381 g/mol. The van der Waals surface area contributed by atoms with E-state index in [1.54, 1.807) is 13.2 Å². The third kappa shape index (κ3) is 3.20. The third-order valence-electron chi connectivity index (χ3n) is 4.78. The van der Waals surface area contributed by atoms with Crippen molar-refractivity contribution in [1.82, 2.24) is 4.90 Å². The normalized spacial score (nSPS) is 16.9. The molecule has 2 heterocycles. The van der Waals surface area contributed by atoms with Crippen LogP contribution in [0.4, 0.5) is 0 Å². The van der Waals surface area contributed by atoms with Crippen LogP contribution < -0.4 is 4.74 Å². The van der Waals surface area contributed by atoms with Gasteiger partial charge in [0.25, 0.3) is 5.91 Å². The summed E-state index contributed by atoms with van der Waals surface area (Å²) in [4.78, 5) is 26.0. The maximum atomic E-state index is 13.2. The molecule has 0 saturated carbocycles. The Kier molecular flexibility index (Phi) is 4.75. The number of carbonyl (C=O) groups is 2. The number of hydrogen-bond acceptors (Lipinski definition) is 5. The van der Waals surface area contributed by atoms with E-state index in [1.165, 1.54) is 4.90 Å². The van der Waals surface area contributed by atoms with Gasteiger partial charge in [0.1, 0.15) is 11.3 Å². The lowest BCUT2D eigenvalue weighted by atomic mass is 10.0. The number of amides is 1. The first-order chi connectivity index (χ1) is 13.6. The first-order valence-corrected chi connectivity index (χ1v) is 8.88. The minimum atomic E-state index is -1.09. The maximum absolute atomic E-state index is 13.2. The lowest BCUT2D eigenvalue weighted by molar-refractivity contribution is -0.154. The number of rotatable bonds is 4. The summed E-state index contributed by atoms with van der Waals surface area (Å²) < 4.78 is 16.4. The fraction of sp³-hybridized carbons (Fsp3) is 0.238. The average molecular weight is 381 g/mol. The minimum absolute atomic E-state index is 0.0250. The molecular weight excluding hydrogens is 362 g/mol. The number of carboxylic acid groups (broad SMARTS) is 1. The topological polar surface area (TPSA) is 89.2 Å². The molecule has 1 amide bonds. The number of ether oxygens (including phenoxy) is 2. The number of morpholine rings is 1. The van der Waals surface area contributed by atoms with Gasteiger partial charge in [-0.25, -0.2) is 4.79 Å². The van der Waals surface area contributed by atoms with Crippen molar-refractivity contribution in [3.63, 3.8) is 0 Å². The van der Waals surface area contributed by atoms with Crippen LogP contribution in [0.25, 0.3) is 22.1 Å². The van der Waals surface area contributed by atoms with Crippen LogP contribution >= 0.6 is 0 Å². The smallest absolute Gasteiger partial charge is 0.334 e. The summed E-state index contributed by atoms with van der Waals surface area (Å²) in [5, 5.41) is 10.0. The maximum Gasteiger partial charge on any atom is 0.334 e. The first-order valence-electron chi connectivity index (χ1n) is 8.88. The Morgan fingerprint density at radius 1 is 1.18 bits per heavy atom. The molecule has 7 nitrogen and oxygen atoms in total. The van der Waals surface area contributed by atoms with Gasteiger partial charge in [-0.2, -0.15) is 0 Å². The molecule has 7 heteroatoms. The third-order valence-corrected chi connectivity index (χ3v) is 4.78. The van der Waals surface area contributed by atoms with Gasteiger partial charge in [-0.15, -0.1) is 0 Å². The van der Waals surface area contributed by atoms with Crippen LogP contribution in [0.1, 0.15) is 10.6 Å². The van der Waals surface area contributed by atoms with Crippen LogP contribution in [0, 0.1) is 0 Å². The van der Waals surface area contributed by atoms with Crippen molar-refractivity contribution in [2.45, 2.75) is 6.10 Å². The number of carbonyl (C=O) groups excluding carboxylic acids is 1.